The Morgan fingerprint density at radius 2 is 2.00 bits per heavy atom. The highest BCUT2D eigenvalue weighted by Crippen LogP contribution is 2.42. The van der Waals surface area contributed by atoms with Gasteiger partial charge in [0.1, 0.15) is 5.03 Å². The summed E-state index contributed by atoms with van der Waals surface area (Å²) in [5, 5.41) is 9.34. The number of hydrogen-bond donors (Lipinski definition) is 2. The molecular formula is C13H20NO6PS3. The molecule has 0 aromatic carbocycles. The third-order valence-corrected chi connectivity index (χ3v) is 9.14. The number of carboxylic acid groups (broad SMARTS) is 1. The summed E-state index contributed by atoms with van der Waals surface area (Å²) in [5.74, 6) is -1.51. The van der Waals surface area contributed by atoms with Crippen LogP contribution in [0.3, 0.4) is 0 Å². The van der Waals surface area contributed by atoms with Gasteiger partial charge in [-0.05, 0) is 29.3 Å². The summed E-state index contributed by atoms with van der Waals surface area (Å²) >= 11 is 0. The topological polar surface area (TPSA) is 122 Å². The molecule has 1 rings (SSSR count). The van der Waals surface area contributed by atoms with E-state index in [9.17, 15) is 22.7 Å². The Kier molecular flexibility index (Phi) is 9.36. The zero-order valence-electron chi connectivity index (χ0n) is 12.9. The first kappa shape index (κ1) is 21.5. The number of pyridine rings is 1. The van der Waals surface area contributed by atoms with Gasteiger partial charge in [0.05, 0.1) is 17.9 Å². The maximum absolute atomic E-state index is 12.0. The molecule has 0 saturated heterocycles. The van der Waals surface area contributed by atoms with Gasteiger partial charge >= 0.3 is 5.97 Å². The molecule has 2 N–H and O–H groups in total. The normalized spacial score (nSPS) is 14.2. The van der Waals surface area contributed by atoms with Crippen molar-refractivity contribution in [2.45, 2.75) is 17.9 Å². The van der Waals surface area contributed by atoms with Crippen LogP contribution in [0.1, 0.15) is 12.8 Å². The molecule has 11 heteroatoms. The van der Waals surface area contributed by atoms with Crippen molar-refractivity contribution in [1.29, 1.82) is 0 Å². The number of rotatable bonds is 12. The average Bonchev–Trinajstić information content (AvgIpc) is 2.52. The highest BCUT2D eigenvalue weighted by atomic mass is 33.1. The summed E-state index contributed by atoms with van der Waals surface area (Å²) in [5.41, 5.74) is 0. The van der Waals surface area contributed by atoms with Crippen molar-refractivity contribution in [3.8, 4) is 0 Å². The van der Waals surface area contributed by atoms with Gasteiger partial charge in [-0.15, -0.1) is 0 Å². The number of aromatic nitrogens is 1. The Hall–Kier alpha value is -0.540. The monoisotopic (exact) mass is 413 g/mol. The lowest BCUT2D eigenvalue weighted by Crippen LogP contribution is -2.17. The van der Waals surface area contributed by atoms with Gasteiger partial charge < -0.3 is 10.00 Å². The summed E-state index contributed by atoms with van der Waals surface area (Å²) in [4.78, 5) is 24.3. The molecule has 136 valence electrons. The van der Waals surface area contributed by atoms with Gasteiger partial charge in [0, 0.05) is 24.3 Å². The Balaban J connectivity index is 2.23. The van der Waals surface area contributed by atoms with Crippen LogP contribution in [-0.4, -0.2) is 59.0 Å². The molecule has 1 atom stereocenters. The summed E-state index contributed by atoms with van der Waals surface area (Å²) in [6.07, 6.45) is 1.42. The molecule has 0 saturated carbocycles. The summed E-state index contributed by atoms with van der Waals surface area (Å²) < 4.78 is 35.2. The lowest BCUT2D eigenvalue weighted by molar-refractivity contribution is -0.136. The second-order valence-corrected chi connectivity index (χ2v) is 12.3. The van der Waals surface area contributed by atoms with Crippen molar-refractivity contribution in [2.24, 2.45) is 0 Å². The fraction of sp³-hybridized carbons (Fsp3) is 0.538. The largest absolute Gasteiger partial charge is 0.481 e. The maximum atomic E-state index is 12.0. The third kappa shape index (κ3) is 10.4. The SMILES string of the molecule is O=C(O)CCS(=O)(=O)CCP(=O)(O)CCCSSc1ccccn1. The van der Waals surface area contributed by atoms with Crippen molar-refractivity contribution < 1.29 is 27.8 Å². The molecule has 24 heavy (non-hydrogen) atoms. The number of carbonyl (C=O) groups is 1. The average molecular weight is 413 g/mol. The molecule has 0 aliphatic carbocycles. The smallest absolute Gasteiger partial charge is 0.304 e. The van der Waals surface area contributed by atoms with Gasteiger partial charge in [0.15, 0.2) is 9.84 Å². The van der Waals surface area contributed by atoms with E-state index in [1.807, 2.05) is 18.2 Å². The number of aliphatic carboxylic acids is 1. The van der Waals surface area contributed by atoms with E-state index in [-0.39, 0.29) is 12.3 Å². The van der Waals surface area contributed by atoms with Crippen LogP contribution in [0.25, 0.3) is 0 Å². The molecule has 1 aromatic heterocycles. The summed E-state index contributed by atoms with van der Waals surface area (Å²) in [7, 11) is -4.12. The second-order valence-electron chi connectivity index (χ2n) is 5.02. The summed E-state index contributed by atoms with van der Waals surface area (Å²) in [6.45, 7) is 0. The standard InChI is InChI=1S/C13H20NO6PS3/c15-13(16)5-10-24(19,20)11-8-21(17,18)7-3-9-22-23-12-4-1-2-6-14-12/h1-2,4,6H,3,5,7-11H2,(H,15,16)(H,17,18). The van der Waals surface area contributed by atoms with Crippen molar-refractivity contribution in [2.75, 3.05) is 29.6 Å². The lowest BCUT2D eigenvalue weighted by atomic mass is 10.5. The molecule has 1 aromatic rings. The van der Waals surface area contributed by atoms with Gasteiger partial charge in [0.2, 0.25) is 7.37 Å². The van der Waals surface area contributed by atoms with Gasteiger partial charge in [0.25, 0.3) is 0 Å². The van der Waals surface area contributed by atoms with Crippen molar-refractivity contribution in [3.63, 3.8) is 0 Å². The zero-order valence-corrected chi connectivity index (χ0v) is 16.2. The van der Waals surface area contributed by atoms with E-state index in [2.05, 4.69) is 4.98 Å². The fourth-order valence-corrected chi connectivity index (χ4v) is 7.61. The lowest BCUT2D eigenvalue weighted by Gasteiger charge is -2.11. The van der Waals surface area contributed by atoms with E-state index >= 15 is 0 Å². The number of hydrogen-bond acceptors (Lipinski definition) is 7. The first-order chi connectivity index (χ1) is 11.2. The molecule has 0 aliphatic heterocycles. The minimum Gasteiger partial charge on any atom is -0.481 e. The summed E-state index contributed by atoms with van der Waals surface area (Å²) in [6, 6.07) is 5.57. The number of nitrogens with zero attached hydrogens (tertiary/aromatic N) is 1. The molecule has 0 bridgehead atoms. The minimum absolute atomic E-state index is 0.0528. The van der Waals surface area contributed by atoms with Crippen molar-refractivity contribution in [3.05, 3.63) is 24.4 Å². The van der Waals surface area contributed by atoms with Gasteiger partial charge in [-0.2, -0.15) is 0 Å². The van der Waals surface area contributed by atoms with Gasteiger partial charge in [-0.1, -0.05) is 16.9 Å². The van der Waals surface area contributed by atoms with Crippen molar-refractivity contribution in [1.82, 2.24) is 4.98 Å². The Bertz CT molecular complexity index is 668. The van der Waals surface area contributed by atoms with Crippen LogP contribution < -0.4 is 0 Å². The molecular weight excluding hydrogens is 393 g/mol. The molecule has 1 heterocycles. The Labute approximate surface area is 149 Å². The molecule has 0 fully saturated rings. The number of carboxylic acids is 1. The van der Waals surface area contributed by atoms with Crippen LogP contribution in [0.4, 0.5) is 0 Å². The van der Waals surface area contributed by atoms with Gasteiger partial charge in [-0.25, -0.2) is 13.4 Å². The predicted octanol–water partition coefficient (Wildman–Crippen LogP) is 2.37. The first-order valence-corrected chi connectivity index (χ1v) is 13.3. The van der Waals surface area contributed by atoms with E-state index in [0.29, 0.717) is 12.2 Å². The first-order valence-electron chi connectivity index (χ1n) is 7.14. The van der Waals surface area contributed by atoms with Crippen LogP contribution in [0.5, 0.6) is 0 Å². The molecule has 1 unspecified atom stereocenters. The van der Waals surface area contributed by atoms with Crippen molar-refractivity contribution >= 4 is 44.8 Å². The Morgan fingerprint density at radius 1 is 1.25 bits per heavy atom. The van der Waals surface area contributed by atoms with Gasteiger partial charge in [-0.3, -0.25) is 9.36 Å². The van der Waals surface area contributed by atoms with Crippen LogP contribution in [0.2, 0.25) is 0 Å². The van der Waals surface area contributed by atoms with E-state index in [1.165, 1.54) is 21.6 Å². The van der Waals surface area contributed by atoms with E-state index in [0.717, 1.165) is 5.03 Å². The molecule has 0 amide bonds. The van der Waals surface area contributed by atoms with Crippen LogP contribution in [0.15, 0.2) is 29.4 Å². The third-order valence-electron chi connectivity index (χ3n) is 2.90. The molecule has 0 spiro atoms. The predicted molar refractivity (Wildman–Crippen MR) is 97.6 cm³/mol. The van der Waals surface area contributed by atoms with Crippen LogP contribution in [-0.2, 0) is 19.2 Å². The highest BCUT2D eigenvalue weighted by molar-refractivity contribution is 8.76. The molecule has 0 radical (unpaired) electrons. The van der Waals surface area contributed by atoms with E-state index < -0.39 is 41.1 Å². The zero-order chi connectivity index (χ0) is 18.1. The van der Waals surface area contributed by atoms with E-state index in [4.69, 9.17) is 5.11 Å². The highest BCUT2D eigenvalue weighted by Gasteiger charge is 2.22. The molecule has 7 nitrogen and oxygen atoms in total. The minimum atomic E-state index is -3.61. The van der Waals surface area contributed by atoms with Crippen LogP contribution in [0, 0.1) is 0 Å². The molecule has 0 aliphatic rings. The quantitative estimate of drug-likeness (QED) is 0.302. The second kappa shape index (κ2) is 10.5. The maximum Gasteiger partial charge on any atom is 0.304 e. The fourth-order valence-electron chi connectivity index (χ4n) is 1.61. The Morgan fingerprint density at radius 3 is 2.62 bits per heavy atom. The van der Waals surface area contributed by atoms with E-state index in [1.54, 1.807) is 6.20 Å². The van der Waals surface area contributed by atoms with Crippen LogP contribution >= 0.6 is 29.0 Å². The number of sulfone groups is 1.